The first kappa shape index (κ1) is 17.7. The maximum Gasteiger partial charge on any atom is 0.320 e. The number of halogens is 1. The third-order valence-corrected chi connectivity index (χ3v) is 4.15. The van der Waals surface area contributed by atoms with Crippen molar-refractivity contribution in [3.05, 3.63) is 33.8 Å². The van der Waals surface area contributed by atoms with Gasteiger partial charge in [-0.15, -0.1) is 0 Å². The molecule has 0 saturated heterocycles. The first-order chi connectivity index (χ1) is 9.81. The molecule has 1 rings (SSSR count). The molecule has 1 atom stereocenters. The van der Waals surface area contributed by atoms with Gasteiger partial charge in [0.05, 0.1) is 0 Å². The van der Waals surface area contributed by atoms with Crippen LogP contribution >= 0.6 is 15.9 Å². The minimum Gasteiger partial charge on any atom is -0.480 e. The van der Waals surface area contributed by atoms with Crippen LogP contribution in [0.15, 0.2) is 22.7 Å². The van der Waals surface area contributed by atoms with E-state index in [-0.39, 0.29) is 5.91 Å². The van der Waals surface area contributed by atoms with Crippen LogP contribution in [0.25, 0.3) is 0 Å². The number of benzene rings is 1. The second-order valence-electron chi connectivity index (χ2n) is 5.05. The lowest BCUT2D eigenvalue weighted by Crippen LogP contribution is -2.42. The maximum atomic E-state index is 11.2. The minimum atomic E-state index is -0.871. The van der Waals surface area contributed by atoms with Crippen LogP contribution in [0.5, 0.6) is 0 Å². The fraction of sp³-hybridized carbons (Fsp3) is 0.467. The molecule has 0 bridgehead atoms. The highest BCUT2D eigenvalue weighted by atomic mass is 79.9. The Morgan fingerprint density at radius 2 is 2.10 bits per heavy atom. The summed E-state index contributed by atoms with van der Waals surface area (Å²) in [6.45, 7) is 6.54. The molecule has 0 aliphatic carbocycles. The van der Waals surface area contributed by atoms with Crippen molar-refractivity contribution in [2.75, 3.05) is 13.1 Å². The average molecular weight is 357 g/mol. The first-order valence-electron chi connectivity index (χ1n) is 6.77. The van der Waals surface area contributed by atoms with Crippen LogP contribution < -0.4 is 5.32 Å². The normalized spacial score (nSPS) is 12.2. The summed E-state index contributed by atoms with van der Waals surface area (Å²) in [4.78, 5) is 24.0. The lowest BCUT2D eigenvalue weighted by atomic mass is 10.1. The van der Waals surface area contributed by atoms with Crippen molar-refractivity contribution >= 4 is 27.8 Å². The molecule has 0 fully saturated rings. The van der Waals surface area contributed by atoms with E-state index in [1.54, 1.807) is 6.92 Å². The van der Waals surface area contributed by atoms with Crippen molar-refractivity contribution in [3.8, 4) is 0 Å². The number of rotatable bonds is 7. The van der Waals surface area contributed by atoms with Gasteiger partial charge in [-0.25, -0.2) is 0 Å². The monoisotopic (exact) mass is 356 g/mol. The summed E-state index contributed by atoms with van der Waals surface area (Å²) in [6, 6.07) is 5.37. The summed E-state index contributed by atoms with van der Waals surface area (Å²) in [5, 5.41) is 11.9. The zero-order valence-corrected chi connectivity index (χ0v) is 14.1. The van der Waals surface area contributed by atoms with Gasteiger partial charge >= 0.3 is 5.97 Å². The molecule has 116 valence electrons. The Morgan fingerprint density at radius 3 is 2.62 bits per heavy atom. The van der Waals surface area contributed by atoms with E-state index in [4.69, 9.17) is 0 Å². The molecule has 0 radical (unpaired) electrons. The van der Waals surface area contributed by atoms with Gasteiger partial charge in [-0.05, 0) is 31.0 Å². The number of aryl methyl sites for hydroxylation is 1. The van der Waals surface area contributed by atoms with E-state index in [0.29, 0.717) is 19.6 Å². The van der Waals surface area contributed by atoms with Gasteiger partial charge in [0.15, 0.2) is 0 Å². The number of hydrogen-bond donors (Lipinski definition) is 2. The molecular weight excluding hydrogens is 336 g/mol. The molecule has 0 spiro atoms. The summed E-state index contributed by atoms with van der Waals surface area (Å²) < 4.78 is 1.00. The van der Waals surface area contributed by atoms with Crippen LogP contribution in [0.1, 0.15) is 25.0 Å². The number of amides is 1. The highest BCUT2D eigenvalue weighted by Gasteiger charge is 2.20. The second kappa shape index (κ2) is 8.14. The Hall–Kier alpha value is -1.40. The quantitative estimate of drug-likeness (QED) is 0.785. The van der Waals surface area contributed by atoms with Crippen LogP contribution in [0.4, 0.5) is 0 Å². The first-order valence-corrected chi connectivity index (χ1v) is 7.57. The molecule has 1 aromatic rings. The minimum absolute atomic E-state index is 0.115. The van der Waals surface area contributed by atoms with Crippen LogP contribution in [0.2, 0.25) is 0 Å². The summed E-state index contributed by atoms with van der Waals surface area (Å²) in [6.07, 6.45) is 0. The van der Waals surface area contributed by atoms with E-state index in [1.165, 1.54) is 6.92 Å². The average Bonchev–Trinajstić information content (AvgIpc) is 2.40. The maximum absolute atomic E-state index is 11.2. The summed E-state index contributed by atoms with van der Waals surface area (Å²) in [5.41, 5.74) is 2.17. The molecule has 6 heteroatoms. The third kappa shape index (κ3) is 5.85. The molecule has 1 unspecified atom stereocenters. The van der Waals surface area contributed by atoms with Crippen LogP contribution in [0.3, 0.4) is 0 Å². The lowest BCUT2D eigenvalue weighted by Gasteiger charge is -2.26. The predicted octanol–water partition coefficient (Wildman–Crippen LogP) is 2.17. The molecule has 0 aliphatic rings. The fourth-order valence-electron chi connectivity index (χ4n) is 1.91. The van der Waals surface area contributed by atoms with E-state index in [2.05, 4.69) is 21.2 Å². The SMILES string of the molecule is CC(=O)NCCN(Cc1ccc(C)c(Br)c1)C(C)C(=O)O. The highest BCUT2D eigenvalue weighted by molar-refractivity contribution is 9.10. The number of carboxylic acid groups (broad SMARTS) is 1. The molecule has 0 heterocycles. The van der Waals surface area contributed by atoms with Gasteiger partial charge in [0, 0.05) is 31.0 Å². The molecule has 1 amide bonds. The van der Waals surface area contributed by atoms with Crippen molar-refractivity contribution in [2.24, 2.45) is 0 Å². The molecule has 1 aromatic carbocycles. The van der Waals surface area contributed by atoms with E-state index in [0.717, 1.165) is 15.6 Å². The smallest absolute Gasteiger partial charge is 0.320 e. The Bertz CT molecular complexity index is 520. The van der Waals surface area contributed by atoms with Crippen LogP contribution in [-0.4, -0.2) is 41.0 Å². The summed E-state index contributed by atoms with van der Waals surface area (Å²) in [5.74, 6) is -0.986. The predicted molar refractivity (Wildman–Crippen MR) is 85.1 cm³/mol. The van der Waals surface area contributed by atoms with Crippen molar-refractivity contribution in [1.82, 2.24) is 10.2 Å². The van der Waals surface area contributed by atoms with E-state index < -0.39 is 12.0 Å². The molecule has 0 aromatic heterocycles. The van der Waals surface area contributed by atoms with Gasteiger partial charge in [-0.3, -0.25) is 14.5 Å². The number of carbonyl (C=O) groups is 2. The Labute approximate surface area is 133 Å². The number of nitrogens with one attached hydrogen (secondary N) is 1. The fourth-order valence-corrected chi connectivity index (χ4v) is 2.34. The van der Waals surface area contributed by atoms with E-state index in [1.807, 2.05) is 30.0 Å². The van der Waals surface area contributed by atoms with Gasteiger partial charge in [-0.2, -0.15) is 0 Å². The summed E-state index contributed by atoms with van der Waals surface area (Å²) >= 11 is 3.48. The van der Waals surface area contributed by atoms with Crippen LogP contribution in [-0.2, 0) is 16.1 Å². The van der Waals surface area contributed by atoms with Crippen LogP contribution in [0, 0.1) is 6.92 Å². The Kier molecular flexibility index (Phi) is 6.84. The topological polar surface area (TPSA) is 69.6 Å². The standard InChI is InChI=1S/C15H21BrN2O3/c1-10-4-5-13(8-14(10)16)9-18(11(2)15(20)21)7-6-17-12(3)19/h4-5,8,11H,6-7,9H2,1-3H3,(H,17,19)(H,20,21). The van der Waals surface area contributed by atoms with Crippen molar-refractivity contribution in [2.45, 2.75) is 33.4 Å². The van der Waals surface area contributed by atoms with E-state index >= 15 is 0 Å². The molecule has 0 aliphatic heterocycles. The molecule has 21 heavy (non-hydrogen) atoms. The van der Waals surface area contributed by atoms with Crippen molar-refractivity contribution in [1.29, 1.82) is 0 Å². The largest absolute Gasteiger partial charge is 0.480 e. The zero-order valence-electron chi connectivity index (χ0n) is 12.5. The number of nitrogens with zero attached hydrogens (tertiary/aromatic N) is 1. The Balaban J connectivity index is 2.77. The zero-order chi connectivity index (χ0) is 16.0. The summed E-state index contributed by atoms with van der Waals surface area (Å²) in [7, 11) is 0. The number of carbonyl (C=O) groups excluding carboxylic acids is 1. The lowest BCUT2D eigenvalue weighted by molar-refractivity contribution is -0.142. The van der Waals surface area contributed by atoms with Gasteiger partial charge in [-0.1, -0.05) is 28.1 Å². The number of aliphatic carboxylic acids is 1. The van der Waals surface area contributed by atoms with E-state index in [9.17, 15) is 14.7 Å². The molecule has 0 saturated carbocycles. The van der Waals surface area contributed by atoms with Crippen molar-refractivity contribution < 1.29 is 14.7 Å². The third-order valence-electron chi connectivity index (χ3n) is 3.30. The number of carboxylic acids is 1. The second-order valence-corrected chi connectivity index (χ2v) is 5.91. The number of hydrogen-bond acceptors (Lipinski definition) is 3. The van der Waals surface area contributed by atoms with Gasteiger partial charge < -0.3 is 10.4 Å². The molecule has 5 nitrogen and oxygen atoms in total. The highest BCUT2D eigenvalue weighted by Crippen LogP contribution is 2.19. The van der Waals surface area contributed by atoms with Gasteiger partial charge in [0.25, 0.3) is 0 Å². The molecular formula is C15H21BrN2O3. The van der Waals surface area contributed by atoms with Gasteiger partial charge in [0.1, 0.15) is 6.04 Å². The Morgan fingerprint density at radius 1 is 1.43 bits per heavy atom. The van der Waals surface area contributed by atoms with Gasteiger partial charge in [0.2, 0.25) is 5.91 Å². The van der Waals surface area contributed by atoms with Crippen molar-refractivity contribution in [3.63, 3.8) is 0 Å². The molecule has 2 N–H and O–H groups in total.